The van der Waals surface area contributed by atoms with Crippen molar-refractivity contribution in [2.75, 3.05) is 7.11 Å². The van der Waals surface area contributed by atoms with Crippen LogP contribution in [-0.2, 0) is 57.2 Å². The molecule has 0 amide bonds. The lowest BCUT2D eigenvalue weighted by Gasteiger charge is -2.61. The molecule has 4 fully saturated rings. The van der Waals surface area contributed by atoms with E-state index in [2.05, 4.69) is 6.58 Å². The van der Waals surface area contributed by atoms with E-state index in [-0.39, 0.29) is 12.0 Å². The summed E-state index contributed by atoms with van der Waals surface area (Å²) in [6, 6.07) is 1.59. The number of methoxy groups -OCH3 is 1. The second kappa shape index (κ2) is 11.1. The molecule has 10 atom stereocenters. The van der Waals surface area contributed by atoms with Crippen molar-refractivity contribution < 1.29 is 61.6 Å². The fourth-order valence-corrected chi connectivity index (χ4v) is 8.85. The summed E-state index contributed by atoms with van der Waals surface area (Å²) in [6.45, 7) is 14.6. The van der Waals surface area contributed by atoms with Gasteiger partial charge in [-0.3, -0.25) is 28.8 Å². The third kappa shape index (κ3) is 4.52. The van der Waals surface area contributed by atoms with Crippen LogP contribution in [0, 0.1) is 28.1 Å². The number of fused-ring (bicyclic) bond motifs is 2. The molecule has 0 unspecified atom stereocenters. The van der Waals surface area contributed by atoms with Gasteiger partial charge in [0.15, 0.2) is 11.9 Å². The van der Waals surface area contributed by atoms with Gasteiger partial charge in [-0.1, -0.05) is 20.4 Å². The Balaban J connectivity index is 1.84. The van der Waals surface area contributed by atoms with Crippen LogP contribution in [0.1, 0.15) is 73.0 Å². The lowest BCUT2D eigenvalue weighted by Crippen LogP contribution is -2.72. The van der Waals surface area contributed by atoms with Crippen LogP contribution in [0.5, 0.6) is 0 Å². The summed E-state index contributed by atoms with van der Waals surface area (Å²) in [6.07, 6.45) is -4.29. The standard InChI is InChI=1S/C33H40O13/c1-15-23-25(39)31(7)20(12-21(37)40-9)30(5,6)28(44-18(4)36)24(42-16(2)34)29(31)46-33(15)13-22(38)45-26(19-10-11-41-14-19)32(33,8)27(23)43-17(3)35/h10-11,14,20,23-24,26-29H,1,12-13H2,2-9H3/t20-,23-,24-,26-,27-,28+,29-,31-,32+,33-/m1/s1. The zero-order valence-corrected chi connectivity index (χ0v) is 27.2. The molecule has 0 radical (unpaired) electrons. The van der Waals surface area contributed by atoms with Crippen molar-refractivity contribution in [2.45, 2.75) is 97.4 Å². The zero-order valence-electron chi connectivity index (χ0n) is 27.2. The van der Waals surface area contributed by atoms with Gasteiger partial charge >= 0.3 is 29.8 Å². The fraction of sp³-hybridized carbons (Fsp3) is 0.636. The van der Waals surface area contributed by atoms with Gasteiger partial charge in [0.25, 0.3) is 0 Å². The molecule has 3 heterocycles. The first-order valence-electron chi connectivity index (χ1n) is 15.1. The van der Waals surface area contributed by atoms with Gasteiger partial charge in [-0.2, -0.15) is 0 Å². The van der Waals surface area contributed by atoms with Crippen LogP contribution in [0.15, 0.2) is 35.2 Å². The number of rotatable bonds is 6. The summed E-state index contributed by atoms with van der Waals surface area (Å²) < 4.78 is 41.0. The van der Waals surface area contributed by atoms with E-state index in [9.17, 15) is 24.0 Å². The topological polar surface area (TPSA) is 171 Å². The second-order valence-corrected chi connectivity index (χ2v) is 13.7. The maximum Gasteiger partial charge on any atom is 0.309 e. The normalized spacial score (nSPS) is 39.2. The maximum atomic E-state index is 15.4. The fourth-order valence-electron chi connectivity index (χ4n) is 8.85. The van der Waals surface area contributed by atoms with E-state index < -0.39 is 106 Å². The molecule has 13 nitrogen and oxygen atoms in total. The molecule has 1 aromatic heterocycles. The van der Waals surface area contributed by atoms with Crippen LogP contribution in [-0.4, -0.2) is 72.8 Å². The Bertz CT molecular complexity index is 1490. The van der Waals surface area contributed by atoms with E-state index in [1.165, 1.54) is 40.4 Å². The Morgan fingerprint density at radius 1 is 0.957 bits per heavy atom. The molecular formula is C33H40O13. The number of ketones is 1. The first kappa shape index (κ1) is 33.4. The highest BCUT2D eigenvalue weighted by Gasteiger charge is 2.81. The minimum atomic E-state index is -1.73. The number of ether oxygens (including phenoxy) is 6. The molecule has 4 aliphatic rings. The summed E-state index contributed by atoms with van der Waals surface area (Å²) in [5, 5.41) is 0. The Labute approximate surface area is 266 Å². The number of furan rings is 1. The largest absolute Gasteiger partial charge is 0.472 e. The van der Waals surface area contributed by atoms with E-state index in [4.69, 9.17) is 32.8 Å². The van der Waals surface area contributed by atoms with Gasteiger partial charge in [-0.25, -0.2) is 0 Å². The van der Waals surface area contributed by atoms with E-state index >= 15 is 4.79 Å². The Morgan fingerprint density at radius 3 is 2.11 bits per heavy atom. The highest BCUT2D eigenvalue weighted by molar-refractivity contribution is 5.94. The molecule has 0 aromatic carbocycles. The monoisotopic (exact) mass is 644 g/mol. The molecule has 5 rings (SSSR count). The molecule has 2 aliphatic heterocycles. The van der Waals surface area contributed by atoms with Crippen LogP contribution >= 0.6 is 0 Å². The average Bonchev–Trinajstić information content (AvgIpc) is 3.53. The third-order valence-electron chi connectivity index (χ3n) is 10.9. The number of carbonyl (C=O) groups is 6. The first-order chi connectivity index (χ1) is 21.4. The van der Waals surface area contributed by atoms with E-state index in [1.54, 1.807) is 33.8 Å². The van der Waals surface area contributed by atoms with Crippen molar-refractivity contribution in [1.82, 2.24) is 0 Å². The van der Waals surface area contributed by atoms with Crippen molar-refractivity contribution in [3.05, 3.63) is 36.3 Å². The minimum Gasteiger partial charge on any atom is -0.472 e. The molecule has 46 heavy (non-hydrogen) atoms. The SMILES string of the molecule is C=C1[C@@H]2C(=O)[C@]3(C)[C@H](O[C@]14CC(=O)O[C@H](c1ccoc1)[C@@]4(C)[C@@H]2OC(C)=O)[C@H](OC(C)=O)[C@H](OC(C)=O)C(C)(C)[C@H]3CC(=O)OC. The first-order valence-corrected chi connectivity index (χ1v) is 15.1. The van der Waals surface area contributed by atoms with Crippen LogP contribution in [0.25, 0.3) is 0 Å². The number of hydrogen-bond acceptors (Lipinski definition) is 13. The van der Waals surface area contributed by atoms with Crippen LogP contribution in [0.3, 0.4) is 0 Å². The summed E-state index contributed by atoms with van der Waals surface area (Å²) in [4.78, 5) is 79.7. The number of Topliss-reactive ketones (excluding diaryl/α,β-unsaturated/α-hetero) is 1. The molecule has 2 saturated carbocycles. The second-order valence-electron chi connectivity index (χ2n) is 13.7. The number of carbonyl (C=O) groups excluding carboxylic acids is 6. The highest BCUT2D eigenvalue weighted by Crippen LogP contribution is 2.71. The van der Waals surface area contributed by atoms with Gasteiger partial charge in [-0.15, -0.1) is 0 Å². The summed E-state index contributed by atoms with van der Waals surface area (Å²) in [5.41, 5.74) is -5.46. The molecular weight excluding hydrogens is 604 g/mol. The number of esters is 5. The molecule has 2 saturated heterocycles. The lowest BCUT2D eigenvalue weighted by molar-refractivity contribution is -0.299. The predicted molar refractivity (Wildman–Crippen MR) is 154 cm³/mol. The van der Waals surface area contributed by atoms with E-state index in [1.807, 2.05) is 0 Å². The summed E-state index contributed by atoms with van der Waals surface area (Å²) in [5.74, 6) is -6.16. The van der Waals surface area contributed by atoms with Crippen molar-refractivity contribution in [2.24, 2.45) is 28.1 Å². The van der Waals surface area contributed by atoms with Crippen LogP contribution in [0.2, 0.25) is 0 Å². The zero-order chi connectivity index (χ0) is 34.1. The van der Waals surface area contributed by atoms with Crippen molar-refractivity contribution in [3.63, 3.8) is 0 Å². The smallest absolute Gasteiger partial charge is 0.309 e. The van der Waals surface area contributed by atoms with Crippen molar-refractivity contribution >= 4 is 35.6 Å². The lowest BCUT2D eigenvalue weighted by atomic mass is 9.49. The van der Waals surface area contributed by atoms with Gasteiger partial charge in [0.05, 0.1) is 49.2 Å². The van der Waals surface area contributed by atoms with Gasteiger partial charge in [-0.05, 0) is 31.4 Å². The quantitative estimate of drug-likeness (QED) is 0.251. The molecule has 250 valence electrons. The maximum absolute atomic E-state index is 15.4. The summed E-state index contributed by atoms with van der Waals surface area (Å²) >= 11 is 0. The molecule has 1 aromatic rings. The van der Waals surface area contributed by atoms with Crippen molar-refractivity contribution in [1.29, 1.82) is 0 Å². The Kier molecular flexibility index (Phi) is 8.03. The highest BCUT2D eigenvalue weighted by atomic mass is 16.6. The van der Waals surface area contributed by atoms with E-state index in [0.717, 1.165) is 0 Å². The Hall–Kier alpha value is -4.00. The van der Waals surface area contributed by atoms with E-state index in [0.29, 0.717) is 5.56 Å². The molecule has 0 N–H and O–H groups in total. The van der Waals surface area contributed by atoms with Crippen LogP contribution < -0.4 is 0 Å². The number of cyclic esters (lactones) is 1. The molecule has 2 bridgehead atoms. The van der Waals surface area contributed by atoms with Gasteiger partial charge in [0.2, 0.25) is 0 Å². The molecule has 2 aliphatic carbocycles. The summed E-state index contributed by atoms with van der Waals surface area (Å²) in [7, 11) is 1.21. The van der Waals surface area contributed by atoms with Crippen LogP contribution in [0.4, 0.5) is 0 Å². The van der Waals surface area contributed by atoms with Crippen molar-refractivity contribution in [3.8, 4) is 0 Å². The van der Waals surface area contributed by atoms with Gasteiger partial charge in [0, 0.05) is 31.7 Å². The number of hydrogen-bond donors (Lipinski definition) is 0. The average molecular weight is 645 g/mol. The Morgan fingerprint density at radius 2 is 1.57 bits per heavy atom. The predicted octanol–water partition coefficient (Wildman–Crippen LogP) is 3.19. The van der Waals surface area contributed by atoms with Gasteiger partial charge in [0.1, 0.15) is 30.0 Å². The molecule has 13 heteroatoms. The third-order valence-corrected chi connectivity index (χ3v) is 10.9. The minimum absolute atomic E-state index is 0.173. The molecule has 1 spiro atoms. The van der Waals surface area contributed by atoms with Gasteiger partial charge < -0.3 is 32.8 Å².